The Bertz CT molecular complexity index is 2120. The molecule has 11 atom stereocenters. The quantitative estimate of drug-likeness (QED) is 0.0308. The molecule has 4 aliphatic rings. The minimum Gasteiger partial charge on any atom is -0.508 e. The molecule has 20 heteroatoms. The van der Waals surface area contributed by atoms with Gasteiger partial charge in [0.05, 0.1) is 12.2 Å². The van der Waals surface area contributed by atoms with Crippen LogP contribution >= 0.6 is 0 Å². The van der Waals surface area contributed by atoms with Crippen LogP contribution in [-0.4, -0.2) is 149 Å². The Hall–Kier alpha value is -5.65. The molecule has 6 rings (SSSR count). The maximum Gasteiger partial charge on any atom is 0.317 e. The van der Waals surface area contributed by atoms with Crippen LogP contribution in [0.1, 0.15) is 12.0 Å². The normalized spacial score (nSPS) is 27.6. The third kappa shape index (κ3) is 10.1. The second-order valence-corrected chi connectivity index (χ2v) is 13.5. The molecule has 2 saturated heterocycles. The van der Waals surface area contributed by atoms with Crippen molar-refractivity contribution in [3.8, 4) is 45.6 Å². The van der Waals surface area contributed by atoms with Crippen LogP contribution in [0.2, 0.25) is 0 Å². The van der Waals surface area contributed by atoms with E-state index in [0.717, 1.165) is 12.1 Å². The minimum absolute atomic E-state index is 0.0380. The molecule has 3 aliphatic heterocycles. The van der Waals surface area contributed by atoms with E-state index in [1.54, 1.807) is 12.1 Å². The second-order valence-electron chi connectivity index (χ2n) is 13.5. The monoisotopic (exact) mass is 829 g/mol. The van der Waals surface area contributed by atoms with E-state index in [0.29, 0.717) is 5.56 Å². The predicted octanol–water partition coefficient (Wildman–Crippen LogP) is -1.23. The van der Waals surface area contributed by atoms with Gasteiger partial charge in [-0.25, -0.2) is 0 Å². The molecule has 11 N–H and O–H groups in total. The van der Waals surface area contributed by atoms with Gasteiger partial charge >= 0.3 is 11.9 Å². The molecule has 3 heterocycles. The molecular weight excluding hydrogens is 788 g/mol. The van der Waals surface area contributed by atoms with Gasteiger partial charge in [0, 0.05) is 23.8 Å². The highest BCUT2D eigenvalue weighted by atomic mass is 16.7. The van der Waals surface area contributed by atoms with Gasteiger partial charge < -0.3 is 83.9 Å². The van der Waals surface area contributed by atoms with Crippen molar-refractivity contribution < 1.29 is 93.5 Å². The molecule has 2 aromatic rings. The topological polar surface area (TPSA) is 326 Å². The summed E-state index contributed by atoms with van der Waals surface area (Å²) in [6.45, 7) is -1.29. The lowest BCUT2D eigenvalue weighted by Gasteiger charge is -2.41. The Balaban J connectivity index is 1.28. The van der Waals surface area contributed by atoms with Crippen molar-refractivity contribution in [3.63, 3.8) is 0 Å². The number of aliphatic hydroxyl groups excluding tert-OH is 7. The highest BCUT2D eigenvalue weighted by Gasteiger charge is 2.49. The summed E-state index contributed by atoms with van der Waals surface area (Å²) >= 11 is 0. The van der Waals surface area contributed by atoms with Gasteiger partial charge in [0.25, 0.3) is 6.29 Å². The fourth-order valence-electron chi connectivity index (χ4n) is 6.24. The molecule has 0 bridgehead atoms. The summed E-state index contributed by atoms with van der Waals surface area (Å²) in [5.41, 5.74) is 0.192. The van der Waals surface area contributed by atoms with Crippen LogP contribution in [0.4, 0.5) is 0 Å². The standard InChI is InChI=1S/C39H40O20/c40-15-26-37(59-30(47)14-28(44)45)33(50)35(52)39(57-26)55-24-12-21(43)11-23-22(24)13-25(36(54-23)18-4-8-20(42)9-5-18)56-38-34(51)32(49)31(48)27(58-38)16-53-29(46)10-3-17-1-6-19(41)7-2-17/h1-13,26-27,29,31-35,37-42,46,48-52H,14-16H2,(H,44,45)/p+1. The van der Waals surface area contributed by atoms with Gasteiger partial charge in [0.2, 0.25) is 12.6 Å². The second kappa shape index (κ2) is 18.5. The number of esters is 1. The summed E-state index contributed by atoms with van der Waals surface area (Å²) in [6.07, 6.45) is -17.2. The number of phenolic OH excluding ortho intramolecular Hbond substituents is 2. The smallest absolute Gasteiger partial charge is 0.317 e. The molecule has 316 valence electrons. The molecule has 20 nitrogen and oxygen atoms in total. The molecule has 59 heavy (non-hydrogen) atoms. The van der Waals surface area contributed by atoms with Crippen molar-refractivity contribution in [1.82, 2.24) is 0 Å². The molecule has 0 aromatic heterocycles. The summed E-state index contributed by atoms with van der Waals surface area (Å²) in [6, 6.07) is 14.9. The van der Waals surface area contributed by atoms with Crippen molar-refractivity contribution in [2.45, 2.75) is 74.1 Å². The number of rotatable bonds is 14. The van der Waals surface area contributed by atoms with Gasteiger partial charge in [-0.05, 0) is 54.1 Å². The van der Waals surface area contributed by atoms with Gasteiger partial charge in [-0.15, -0.1) is 0 Å². The van der Waals surface area contributed by atoms with E-state index in [1.807, 2.05) is 0 Å². The fourth-order valence-corrected chi connectivity index (χ4v) is 6.24. The number of carboxylic acid groups (broad SMARTS) is 1. The van der Waals surface area contributed by atoms with E-state index in [2.05, 4.69) is 4.74 Å². The number of hydrogen-bond acceptors (Lipinski definition) is 18. The third-order valence-corrected chi connectivity index (χ3v) is 9.28. The van der Waals surface area contributed by atoms with Crippen molar-refractivity contribution in [2.24, 2.45) is 0 Å². The number of carboxylic acids is 1. The number of carbonyl (C=O) groups is 2. The zero-order valence-corrected chi connectivity index (χ0v) is 30.6. The summed E-state index contributed by atoms with van der Waals surface area (Å²) in [7, 11) is 0. The lowest BCUT2D eigenvalue weighted by molar-refractivity contribution is -0.303. The van der Waals surface area contributed by atoms with E-state index in [9.17, 15) is 60.3 Å². The number of aliphatic carboxylic acids is 1. The minimum atomic E-state index is -2.00. The van der Waals surface area contributed by atoms with Crippen LogP contribution in [0.25, 0.3) is 28.7 Å². The van der Waals surface area contributed by atoms with E-state index in [-0.39, 0.29) is 45.6 Å². The van der Waals surface area contributed by atoms with E-state index in [4.69, 9.17) is 33.2 Å². The first-order valence-electron chi connectivity index (χ1n) is 17.9. The zero-order valence-electron chi connectivity index (χ0n) is 30.6. The Morgan fingerprint density at radius 2 is 1.39 bits per heavy atom. The molecule has 0 radical (unpaired) electrons. The summed E-state index contributed by atoms with van der Waals surface area (Å²) in [4.78, 5) is 35.9. The van der Waals surface area contributed by atoms with Gasteiger partial charge in [0.15, 0.2) is 35.8 Å². The first-order chi connectivity index (χ1) is 28.1. The predicted molar refractivity (Wildman–Crippen MR) is 197 cm³/mol. The summed E-state index contributed by atoms with van der Waals surface area (Å²) in [5, 5.41) is 103. The highest BCUT2D eigenvalue weighted by Crippen LogP contribution is 2.43. The average molecular weight is 830 g/mol. The van der Waals surface area contributed by atoms with Crippen LogP contribution in [0.3, 0.4) is 0 Å². The molecule has 1 aliphatic carbocycles. The fraction of sp³-hybridized carbons (Fsp3) is 0.359. The van der Waals surface area contributed by atoms with Crippen molar-refractivity contribution in [1.29, 1.82) is 0 Å². The van der Waals surface area contributed by atoms with Gasteiger partial charge in [-0.3, -0.25) is 14.4 Å². The number of phenols is 2. The lowest BCUT2D eigenvalue weighted by Crippen LogP contribution is -2.61. The number of aromatic hydroxyl groups is 2. The number of fused-ring (bicyclic) bond motifs is 1. The maximum absolute atomic E-state index is 12.9. The first kappa shape index (κ1) is 42.9. The van der Waals surface area contributed by atoms with Crippen LogP contribution in [-0.2, 0) is 23.8 Å². The van der Waals surface area contributed by atoms with Crippen LogP contribution in [0.5, 0.6) is 23.0 Å². The van der Waals surface area contributed by atoms with Gasteiger partial charge in [0.1, 0.15) is 66.1 Å². The third-order valence-electron chi connectivity index (χ3n) is 9.28. The molecule has 0 saturated carbocycles. The average Bonchev–Trinajstić information content (AvgIpc) is 3.20. The van der Waals surface area contributed by atoms with E-state index in [1.165, 1.54) is 54.6 Å². The number of carbonyl (C=O) groups excluding carboxylic acids is 1. The molecule has 0 amide bonds. The zero-order chi connectivity index (χ0) is 42.5. The number of benzene rings is 3. The van der Waals surface area contributed by atoms with Crippen molar-refractivity contribution in [3.05, 3.63) is 88.6 Å². The number of aliphatic hydroxyl groups is 9. The SMILES string of the molecule is O=C(O)CC(=O)OC1C(CO)OC(Oc2cc(=O)cc3oc(-c4ccc(O)cc4)c(OC4OC(C[OH+]C(O)C=Cc5ccc(O)cc5)C(O)C(O)C4O)cc2-3)C(O)C1O. The molecular formula is C39H41O20+. The van der Waals surface area contributed by atoms with Gasteiger partial charge in [-0.1, -0.05) is 12.1 Å². The Morgan fingerprint density at radius 1 is 0.780 bits per heavy atom. The Kier molecular flexibility index (Phi) is 13.5. The van der Waals surface area contributed by atoms with E-state index < -0.39 is 105 Å². The Morgan fingerprint density at radius 3 is 2.03 bits per heavy atom. The van der Waals surface area contributed by atoms with Gasteiger partial charge in [-0.2, -0.15) is 0 Å². The first-order valence-corrected chi connectivity index (χ1v) is 17.9. The molecule has 11 unspecified atom stereocenters. The molecule has 2 aromatic carbocycles. The van der Waals surface area contributed by atoms with Crippen LogP contribution in [0, 0.1) is 0 Å². The number of hydrogen-bond donors (Lipinski definition) is 10. The summed E-state index contributed by atoms with van der Waals surface area (Å²) < 4.78 is 38.4. The highest BCUT2D eigenvalue weighted by molar-refractivity contribution is 5.90. The summed E-state index contributed by atoms with van der Waals surface area (Å²) in [5.74, 6) is -3.68. The van der Waals surface area contributed by atoms with Crippen LogP contribution < -0.4 is 14.9 Å². The van der Waals surface area contributed by atoms with Crippen molar-refractivity contribution >= 4 is 18.0 Å². The Labute approximate surface area is 332 Å². The number of ether oxygens (including phenoxy) is 6. The van der Waals surface area contributed by atoms with Crippen molar-refractivity contribution in [2.75, 3.05) is 13.2 Å². The maximum atomic E-state index is 12.9. The molecule has 2 fully saturated rings. The largest absolute Gasteiger partial charge is 0.508 e. The van der Waals surface area contributed by atoms with E-state index >= 15 is 0 Å². The van der Waals surface area contributed by atoms with Crippen LogP contribution in [0.15, 0.2) is 82.0 Å². The molecule has 0 spiro atoms. The lowest BCUT2D eigenvalue weighted by atomic mass is 9.98.